The summed E-state index contributed by atoms with van der Waals surface area (Å²) >= 11 is 0. The third-order valence-corrected chi connectivity index (χ3v) is 10.9. The quantitative estimate of drug-likeness (QED) is 0.0628. The zero-order chi connectivity index (χ0) is 45.9. The Balaban J connectivity index is 0.000000199. The average Bonchev–Trinajstić information content (AvgIpc) is 3.93. The number of nitrogens with zero attached hydrogens (tertiary/aromatic N) is 6. The summed E-state index contributed by atoms with van der Waals surface area (Å²) in [5.41, 5.74) is 8.90. The number of para-hydroxylation sites is 1. The summed E-state index contributed by atoms with van der Waals surface area (Å²) < 4.78 is 21.3. The number of aromatic nitrogens is 6. The lowest BCUT2D eigenvalue weighted by molar-refractivity contribution is -0.137. The molecule has 340 valence electrons. The average molecular weight is 888 g/mol. The Morgan fingerprint density at radius 3 is 1.65 bits per heavy atom. The number of aryl methyl sites for hydroxylation is 1. The second-order valence-electron chi connectivity index (χ2n) is 15.9. The van der Waals surface area contributed by atoms with Gasteiger partial charge in [-0.3, -0.25) is 28.7 Å². The molecule has 66 heavy (non-hydrogen) atoms. The van der Waals surface area contributed by atoms with E-state index in [2.05, 4.69) is 73.8 Å². The maximum Gasteiger partial charge on any atom is 0.303 e. The summed E-state index contributed by atoms with van der Waals surface area (Å²) in [6.07, 6.45) is 13.8. The number of unbranched alkanes of at least 4 members (excludes halogenated alkanes) is 4. The molecule has 8 rings (SSSR count). The Bertz CT molecular complexity index is 2760. The number of benzene rings is 4. The number of imidazole rings is 2. The summed E-state index contributed by atoms with van der Waals surface area (Å²) in [6, 6.07) is 38.3. The van der Waals surface area contributed by atoms with E-state index in [-0.39, 0.29) is 12.3 Å². The van der Waals surface area contributed by atoms with Crippen LogP contribution in [0.3, 0.4) is 0 Å². The molecule has 0 aliphatic carbocycles. The lowest BCUT2D eigenvalue weighted by atomic mass is 10.2. The van der Waals surface area contributed by atoms with Gasteiger partial charge >= 0.3 is 5.97 Å². The van der Waals surface area contributed by atoms with Crippen LogP contribution in [0.1, 0.15) is 63.4 Å². The maximum atomic E-state index is 11.9. The van der Waals surface area contributed by atoms with Crippen LogP contribution in [0.25, 0.3) is 56.2 Å². The van der Waals surface area contributed by atoms with Crippen LogP contribution in [0.5, 0.6) is 11.5 Å². The second-order valence-corrected chi connectivity index (χ2v) is 15.9. The first-order valence-electron chi connectivity index (χ1n) is 22.6. The molecule has 13 heteroatoms. The van der Waals surface area contributed by atoms with Gasteiger partial charge in [0.15, 0.2) is 0 Å². The molecule has 1 amide bonds. The molecule has 0 atom stereocenters. The molecule has 8 aromatic rings. The molecule has 0 spiro atoms. The zero-order valence-corrected chi connectivity index (χ0v) is 37.6. The minimum Gasteiger partial charge on any atom is -0.494 e. The number of pyridine rings is 2. The number of hydrogen-bond acceptors (Lipinski definition) is 9. The summed E-state index contributed by atoms with van der Waals surface area (Å²) in [6.45, 7) is 4.58. The topological polar surface area (TPSA) is 156 Å². The number of carboxylic acids is 1. The second kappa shape index (κ2) is 24.1. The Morgan fingerprint density at radius 2 is 1.14 bits per heavy atom. The van der Waals surface area contributed by atoms with E-state index in [0.717, 1.165) is 106 Å². The molecule has 0 unspecified atom stereocenters. The van der Waals surface area contributed by atoms with Gasteiger partial charge in [0, 0.05) is 92.5 Å². The monoisotopic (exact) mass is 887 g/mol. The number of methoxy groups -OCH3 is 1. The molecule has 0 fully saturated rings. The SMILES string of the molecule is COCCCNC(=O)CCCCCOc1ccc2nc(-c3cccnc3)n(-c3ccc(C)cc3)c2c1.O=C(O)CCCCCOc1ccc2nc(-c3cccnc3)n(-c3ccccc3)c2c1. The van der Waals surface area contributed by atoms with Crippen molar-refractivity contribution in [2.75, 3.05) is 33.5 Å². The number of fused-ring (bicyclic) bond motifs is 2. The van der Waals surface area contributed by atoms with Crippen LogP contribution >= 0.6 is 0 Å². The molecule has 0 aliphatic rings. The van der Waals surface area contributed by atoms with Gasteiger partial charge in [0.2, 0.25) is 5.91 Å². The minimum absolute atomic E-state index is 0.103. The Kier molecular flexibility index (Phi) is 17.0. The van der Waals surface area contributed by atoms with Gasteiger partial charge in [-0.15, -0.1) is 0 Å². The van der Waals surface area contributed by atoms with E-state index in [9.17, 15) is 9.59 Å². The summed E-state index contributed by atoms with van der Waals surface area (Å²) in [4.78, 5) is 40.7. The first-order valence-corrected chi connectivity index (χ1v) is 22.6. The molecule has 0 saturated heterocycles. The number of ether oxygens (including phenoxy) is 3. The lowest BCUT2D eigenvalue weighted by Crippen LogP contribution is -2.24. The Labute approximate surface area is 385 Å². The number of amides is 1. The number of rotatable bonds is 22. The maximum absolute atomic E-state index is 11.9. The summed E-state index contributed by atoms with van der Waals surface area (Å²) in [5, 5.41) is 11.6. The van der Waals surface area contributed by atoms with Crippen LogP contribution in [0.4, 0.5) is 0 Å². The first kappa shape index (κ1) is 46.6. The fourth-order valence-corrected chi connectivity index (χ4v) is 7.49. The third kappa shape index (κ3) is 12.9. The van der Waals surface area contributed by atoms with Crippen molar-refractivity contribution in [3.63, 3.8) is 0 Å². The fraction of sp³-hybridized carbons (Fsp3) is 0.283. The summed E-state index contributed by atoms with van der Waals surface area (Å²) in [7, 11) is 1.67. The molecule has 13 nitrogen and oxygen atoms in total. The van der Waals surface area contributed by atoms with Gasteiger partial charge in [-0.05, 0) is 125 Å². The van der Waals surface area contributed by atoms with E-state index >= 15 is 0 Å². The number of carbonyl (C=O) groups is 2. The number of aliphatic carboxylic acids is 1. The fourth-order valence-electron chi connectivity index (χ4n) is 7.49. The molecule has 0 saturated carbocycles. The highest BCUT2D eigenvalue weighted by molar-refractivity contribution is 5.85. The largest absolute Gasteiger partial charge is 0.494 e. The van der Waals surface area contributed by atoms with Crippen LogP contribution in [0, 0.1) is 6.92 Å². The van der Waals surface area contributed by atoms with Crippen molar-refractivity contribution in [3.05, 3.63) is 146 Å². The van der Waals surface area contributed by atoms with Crippen molar-refractivity contribution in [2.45, 2.75) is 64.7 Å². The number of hydrogen-bond donors (Lipinski definition) is 2. The Morgan fingerprint density at radius 1 is 0.591 bits per heavy atom. The van der Waals surface area contributed by atoms with Crippen molar-refractivity contribution >= 4 is 33.9 Å². The van der Waals surface area contributed by atoms with E-state index in [0.29, 0.717) is 39.2 Å². The van der Waals surface area contributed by atoms with Crippen LogP contribution < -0.4 is 14.8 Å². The summed E-state index contributed by atoms with van der Waals surface area (Å²) in [5.74, 6) is 2.61. The molecule has 2 N–H and O–H groups in total. The smallest absolute Gasteiger partial charge is 0.303 e. The number of carbonyl (C=O) groups excluding carboxylic acids is 1. The van der Waals surface area contributed by atoms with E-state index in [1.165, 1.54) is 5.56 Å². The van der Waals surface area contributed by atoms with Gasteiger partial charge in [-0.25, -0.2) is 9.97 Å². The first-order chi connectivity index (χ1) is 32.4. The van der Waals surface area contributed by atoms with Gasteiger partial charge in [-0.1, -0.05) is 35.9 Å². The van der Waals surface area contributed by atoms with Gasteiger partial charge in [-0.2, -0.15) is 0 Å². The predicted molar refractivity (Wildman–Crippen MR) is 258 cm³/mol. The van der Waals surface area contributed by atoms with Crippen LogP contribution in [0.15, 0.2) is 140 Å². The molecule has 0 radical (unpaired) electrons. The van der Waals surface area contributed by atoms with Crippen molar-refractivity contribution in [1.29, 1.82) is 0 Å². The van der Waals surface area contributed by atoms with Crippen LogP contribution in [-0.4, -0.2) is 79.5 Å². The third-order valence-electron chi connectivity index (χ3n) is 10.9. The molecule has 4 aromatic heterocycles. The highest BCUT2D eigenvalue weighted by Crippen LogP contribution is 2.32. The highest BCUT2D eigenvalue weighted by atomic mass is 16.5. The lowest BCUT2D eigenvalue weighted by Gasteiger charge is -2.11. The van der Waals surface area contributed by atoms with Crippen molar-refractivity contribution in [3.8, 4) is 45.6 Å². The van der Waals surface area contributed by atoms with E-state index in [1.54, 1.807) is 19.5 Å². The van der Waals surface area contributed by atoms with Gasteiger partial charge in [0.05, 0.1) is 35.3 Å². The van der Waals surface area contributed by atoms with Gasteiger partial charge in [0.1, 0.15) is 23.1 Å². The minimum atomic E-state index is -0.750. The molecule has 4 heterocycles. The number of nitrogens with one attached hydrogen (secondary N) is 1. The Hall–Kier alpha value is -7.38. The molecular weight excluding hydrogens is 831 g/mol. The molecule has 0 aliphatic heterocycles. The standard InChI is InChI=1S/C29H34N4O3.C24H23N3O3/c1-22-10-12-24(13-11-22)33-27-20-25(14-15-26(27)32-29(33)23-8-6-16-30-21-23)36-19-5-3-4-9-28(34)31-17-7-18-35-2;28-23(29)11-5-2-6-15-30-20-12-13-21-22(16-20)27(19-9-3-1-4-10-19)24(26-21)18-8-7-14-25-17-18/h6,8,10-16,20-21H,3-5,7,9,17-19H2,1-2H3,(H,31,34);1,3-4,7-10,12-14,16-17H,2,5-6,11,15H2,(H,28,29). The highest BCUT2D eigenvalue weighted by Gasteiger charge is 2.17. The number of carboxylic acid groups (broad SMARTS) is 1. The van der Waals surface area contributed by atoms with Gasteiger partial charge < -0.3 is 24.6 Å². The van der Waals surface area contributed by atoms with E-state index < -0.39 is 5.97 Å². The normalized spacial score (nSPS) is 11.0. The van der Waals surface area contributed by atoms with Crippen molar-refractivity contribution < 1.29 is 28.9 Å². The van der Waals surface area contributed by atoms with Crippen LogP contribution in [-0.2, 0) is 14.3 Å². The predicted octanol–water partition coefficient (Wildman–Crippen LogP) is 10.6. The van der Waals surface area contributed by atoms with Crippen LogP contribution in [0.2, 0.25) is 0 Å². The zero-order valence-electron chi connectivity index (χ0n) is 37.6. The van der Waals surface area contributed by atoms with E-state index in [1.807, 2.05) is 85.2 Å². The molecule has 4 aromatic carbocycles. The van der Waals surface area contributed by atoms with Gasteiger partial charge in [0.25, 0.3) is 0 Å². The van der Waals surface area contributed by atoms with E-state index in [4.69, 9.17) is 29.3 Å². The van der Waals surface area contributed by atoms with Crippen molar-refractivity contribution in [2.24, 2.45) is 0 Å². The molecule has 0 bridgehead atoms. The van der Waals surface area contributed by atoms with Crippen molar-refractivity contribution in [1.82, 2.24) is 34.4 Å². The molecular formula is C53H57N7O6.